The number of aromatic nitrogens is 1. The quantitative estimate of drug-likeness (QED) is 0.804. The number of unbranched alkanes of at least 4 members (excludes halogenated alkanes) is 1. The van der Waals surface area contributed by atoms with Crippen molar-refractivity contribution in [1.82, 2.24) is 10.3 Å². The SMILES string of the molecule is CCCCN(C)c1cc(C)ncc1CNC(C)C. The van der Waals surface area contributed by atoms with Crippen molar-refractivity contribution in [3.05, 3.63) is 23.5 Å². The highest BCUT2D eigenvalue weighted by molar-refractivity contribution is 5.53. The van der Waals surface area contributed by atoms with Crippen molar-refractivity contribution in [2.24, 2.45) is 0 Å². The van der Waals surface area contributed by atoms with Gasteiger partial charge in [-0.15, -0.1) is 0 Å². The summed E-state index contributed by atoms with van der Waals surface area (Å²) in [6, 6.07) is 2.69. The maximum Gasteiger partial charge on any atom is 0.0442 e. The van der Waals surface area contributed by atoms with Gasteiger partial charge < -0.3 is 10.2 Å². The summed E-state index contributed by atoms with van der Waals surface area (Å²) in [6.07, 6.45) is 4.46. The zero-order chi connectivity index (χ0) is 13.5. The summed E-state index contributed by atoms with van der Waals surface area (Å²) < 4.78 is 0. The normalized spacial score (nSPS) is 11.0. The Morgan fingerprint density at radius 2 is 2.11 bits per heavy atom. The van der Waals surface area contributed by atoms with Gasteiger partial charge in [0.2, 0.25) is 0 Å². The molecule has 1 heterocycles. The second kappa shape index (κ2) is 7.37. The van der Waals surface area contributed by atoms with Crippen LogP contribution in [0.2, 0.25) is 0 Å². The van der Waals surface area contributed by atoms with Gasteiger partial charge in [0, 0.05) is 49.3 Å². The fourth-order valence-corrected chi connectivity index (χ4v) is 1.90. The molecule has 1 N–H and O–H groups in total. The molecule has 0 radical (unpaired) electrons. The Morgan fingerprint density at radius 1 is 1.39 bits per heavy atom. The molecule has 0 aliphatic heterocycles. The van der Waals surface area contributed by atoms with E-state index in [4.69, 9.17) is 0 Å². The van der Waals surface area contributed by atoms with Crippen molar-refractivity contribution >= 4 is 5.69 Å². The van der Waals surface area contributed by atoms with E-state index >= 15 is 0 Å². The molecule has 0 atom stereocenters. The number of nitrogens with one attached hydrogen (secondary N) is 1. The molecule has 1 aromatic heterocycles. The minimum Gasteiger partial charge on any atom is -0.374 e. The standard InChI is InChI=1S/C15H27N3/c1-6-7-8-18(5)15-9-13(4)17-11-14(15)10-16-12(2)3/h9,11-12,16H,6-8,10H2,1-5H3. The molecule has 0 aliphatic rings. The molecule has 0 saturated heterocycles. The fourth-order valence-electron chi connectivity index (χ4n) is 1.90. The van der Waals surface area contributed by atoms with Crippen molar-refractivity contribution in [2.75, 3.05) is 18.5 Å². The first-order valence-corrected chi connectivity index (χ1v) is 6.94. The van der Waals surface area contributed by atoms with Crippen molar-refractivity contribution in [2.45, 2.75) is 53.1 Å². The second-order valence-electron chi connectivity index (χ2n) is 5.27. The van der Waals surface area contributed by atoms with Gasteiger partial charge in [-0.25, -0.2) is 0 Å². The number of hydrogen-bond acceptors (Lipinski definition) is 3. The third-order valence-electron chi connectivity index (χ3n) is 3.06. The summed E-state index contributed by atoms with van der Waals surface area (Å²) in [5.74, 6) is 0. The number of anilines is 1. The first kappa shape index (κ1) is 15.0. The number of hydrogen-bond donors (Lipinski definition) is 1. The Hall–Kier alpha value is -1.09. The average molecular weight is 249 g/mol. The highest BCUT2D eigenvalue weighted by Crippen LogP contribution is 2.20. The Kier molecular flexibility index (Phi) is 6.13. The van der Waals surface area contributed by atoms with Gasteiger partial charge in [-0.05, 0) is 19.4 Å². The molecule has 102 valence electrons. The molecule has 3 nitrogen and oxygen atoms in total. The molecule has 0 saturated carbocycles. The molecule has 0 fully saturated rings. The molecule has 0 amide bonds. The van der Waals surface area contributed by atoms with E-state index in [2.05, 4.69) is 56.0 Å². The van der Waals surface area contributed by atoms with Crippen LogP contribution >= 0.6 is 0 Å². The molecule has 1 rings (SSSR count). The van der Waals surface area contributed by atoms with Crippen LogP contribution in [0.25, 0.3) is 0 Å². The molecule has 1 aromatic rings. The molecule has 0 bridgehead atoms. The van der Waals surface area contributed by atoms with Crippen LogP contribution in [0.5, 0.6) is 0 Å². The summed E-state index contributed by atoms with van der Waals surface area (Å²) in [5, 5.41) is 3.47. The molecule has 0 aromatic carbocycles. The van der Waals surface area contributed by atoms with E-state index in [1.807, 2.05) is 6.20 Å². The van der Waals surface area contributed by atoms with Crippen LogP contribution in [-0.2, 0) is 6.54 Å². The van der Waals surface area contributed by atoms with E-state index in [1.165, 1.54) is 24.1 Å². The smallest absolute Gasteiger partial charge is 0.0442 e. The average Bonchev–Trinajstić information content (AvgIpc) is 2.34. The van der Waals surface area contributed by atoms with Gasteiger partial charge in [0.25, 0.3) is 0 Å². The van der Waals surface area contributed by atoms with E-state index < -0.39 is 0 Å². The van der Waals surface area contributed by atoms with E-state index in [0.29, 0.717) is 6.04 Å². The first-order chi connectivity index (χ1) is 8.54. The lowest BCUT2D eigenvalue weighted by Gasteiger charge is -2.23. The Morgan fingerprint density at radius 3 is 2.72 bits per heavy atom. The number of pyridine rings is 1. The zero-order valence-electron chi connectivity index (χ0n) is 12.5. The van der Waals surface area contributed by atoms with Gasteiger partial charge in [0.15, 0.2) is 0 Å². The summed E-state index contributed by atoms with van der Waals surface area (Å²) >= 11 is 0. The van der Waals surface area contributed by atoms with E-state index in [-0.39, 0.29) is 0 Å². The molecular formula is C15H27N3. The van der Waals surface area contributed by atoms with Gasteiger partial charge in [0.1, 0.15) is 0 Å². The van der Waals surface area contributed by atoms with Crippen LogP contribution in [0.3, 0.4) is 0 Å². The predicted molar refractivity (Wildman–Crippen MR) is 79.1 cm³/mol. The summed E-state index contributed by atoms with van der Waals surface area (Å²) in [5.41, 5.74) is 3.68. The monoisotopic (exact) mass is 249 g/mol. The fraction of sp³-hybridized carbons (Fsp3) is 0.667. The lowest BCUT2D eigenvalue weighted by atomic mass is 10.1. The van der Waals surface area contributed by atoms with Gasteiger partial charge in [-0.3, -0.25) is 4.98 Å². The lowest BCUT2D eigenvalue weighted by Crippen LogP contribution is -2.25. The number of nitrogens with zero attached hydrogens (tertiary/aromatic N) is 2. The van der Waals surface area contributed by atoms with Crippen LogP contribution in [0, 0.1) is 6.92 Å². The van der Waals surface area contributed by atoms with Crippen molar-refractivity contribution < 1.29 is 0 Å². The van der Waals surface area contributed by atoms with Crippen LogP contribution in [0.4, 0.5) is 5.69 Å². The predicted octanol–water partition coefficient (Wildman–Crippen LogP) is 3.12. The minimum absolute atomic E-state index is 0.500. The van der Waals surface area contributed by atoms with Gasteiger partial charge in [-0.2, -0.15) is 0 Å². The largest absolute Gasteiger partial charge is 0.374 e. The first-order valence-electron chi connectivity index (χ1n) is 6.94. The second-order valence-corrected chi connectivity index (χ2v) is 5.27. The van der Waals surface area contributed by atoms with E-state index in [0.717, 1.165) is 18.8 Å². The molecular weight excluding hydrogens is 222 g/mol. The lowest BCUT2D eigenvalue weighted by molar-refractivity contribution is 0.587. The van der Waals surface area contributed by atoms with E-state index in [1.54, 1.807) is 0 Å². The molecule has 0 aliphatic carbocycles. The Labute approximate surface area is 112 Å². The maximum absolute atomic E-state index is 4.41. The molecule has 0 spiro atoms. The van der Waals surface area contributed by atoms with Crippen LogP contribution in [-0.4, -0.2) is 24.6 Å². The van der Waals surface area contributed by atoms with Gasteiger partial charge in [-0.1, -0.05) is 27.2 Å². The maximum atomic E-state index is 4.41. The Balaban J connectivity index is 2.81. The van der Waals surface area contributed by atoms with Crippen molar-refractivity contribution in [3.63, 3.8) is 0 Å². The highest BCUT2D eigenvalue weighted by Gasteiger charge is 2.08. The van der Waals surface area contributed by atoms with Crippen LogP contribution < -0.4 is 10.2 Å². The summed E-state index contributed by atoms with van der Waals surface area (Å²) in [7, 11) is 2.17. The van der Waals surface area contributed by atoms with Crippen LogP contribution in [0.15, 0.2) is 12.3 Å². The van der Waals surface area contributed by atoms with Crippen molar-refractivity contribution in [3.8, 4) is 0 Å². The highest BCUT2D eigenvalue weighted by atomic mass is 15.1. The van der Waals surface area contributed by atoms with E-state index in [9.17, 15) is 0 Å². The molecule has 0 unspecified atom stereocenters. The van der Waals surface area contributed by atoms with Crippen molar-refractivity contribution in [1.29, 1.82) is 0 Å². The third kappa shape index (κ3) is 4.65. The minimum atomic E-state index is 0.500. The third-order valence-corrected chi connectivity index (χ3v) is 3.06. The zero-order valence-corrected chi connectivity index (χ0v) is 12.5. The van der Waals surface area contributed by atoms with Gasteiger partial charge >= 0.3 is 0 Å². The summed E-state index contributed by atoms with van der Waals surface area (Å²) in [6.45, 7) is 10.6. The topological polar surface area (TPSA) is 28.2 Å². The molecule has 18 heavy (non-hydrogen) atoms. The van der Waals surface area contributed by atoms with Crippen LogP contribution in [0.1, 0.15) is 44.9 Å². The summed E-state index contributed by atoms with van der Waals surface area (Å²) in [4.78, 5) is 6.76. The Bertz CT molecular complexity index is 361. The molecule has 3 heteroatoms. The number of aryl methyl sites for hydroxylation is 1. The van der Waals surface area contributed by atoms with Gasteiger partial charge in [0.05, 0.1) is 0 Å². The number of rotatable bonds is 7.